The second kappa shape index (κ2) is 6.60. The van der Waals surface area contributed by atoms with Crippen LogP contribution in [0.25, 0.3) is 0 Å². The molecule has 0 aliphatic carbocycles. The minimum Gasteiger partial charge on any atom is -0.496 e. The molecule has 0 radical (unpaired) electrons. The molecule has 0 fully saturated rings. The Hall–Kier alpha value is -1.51. The SMILES string of the molecule is COc1c(C)cc(N(C)CCCC(C)=O)c(C)c1C. The Morgan fingerprint density at radius 3 is 2.42 bits per heavy atom. The Labute approximate surface area is 116 Å². The zero-order valence-electron chi connectivity index (χ0n) is 13.0. The quantitative estimate of drug-likeness (QED) is 0.787. The van der Waals surface area contributed by atoms with Gasteiger partial charge >= 0.3 is 0 Å². The van der Waals surface area contributed by atoms with E-state index in [1.807, 2.05) is 0 Å². The first-order chi connectivity index (χ1) is 8.88. The fourth-order valence-corrected chi connectivity index (χ4v) is 2.43. The minimum absolute atomic E-state index is 0.257. The molecule has 0 aromatic heterocycles. The number of carbonyl (C=O) groups excluding carboxylic acids is 1. The number of ether oxygens (including phenoxy) is 1. The number of anilines is 1. The van der Waals surface area contributed by atoms with E-state index in [0.717, 1.165) is 24.3 Å². The van der Waals surface area contributed by atoms with Crippen molar-refractivity contribution in [2.75, 3.05) is 25.6 Å². The molecule has 0 saturated carbocycles. The smallest absolute Gasteiger partial charge is 0.129 e. The number of hydrogen-bond acceptors (Lipinski definition) is 3. The zero-order chi connectivity index (χ0) is 14.6. The van der Waals surface area contributed by atoms with Crippen LogP contribution in [0.5, 0.6) is 5.75 Å². The number of nitrogens with zero attached hydrogens (tertiary/aromatic N) is 1. The maximum absolute atomic E-state index is 11.0. The molecule has 0 amide bonds. The Morgan fingerprint density at radius 2 is 1.89 bits per heavy atom. The highest BCUT2D eigenvalue weighted by Gasteiger charge is 2.13. The third-order valence-electron chi connectivity index (χ3n) is 3.64. The third kappa shape index (κ3) is 3.72. The van der Waals surface area contributed by atoms with E-state index in [2.05, 4.69) is 38.8 Å². The summed E-state index contributed by atoms with van der Waals surface area (Å²) < 4.78 is 5.44. The molecule has 3 nitrogen and oxygen atoms in total. The van der Waals surface area contributed by atoms with Crippen LogP contribution in [0, 0.1) is 20.8 Å². The van der Waals surface area contributed by atoms with Crippen LogP contribution < -0.4 is 9.64 Å². The molecule has 3 heteroatoms. The molecular formula is C16H25NO2. The molecule has 0 bridgehead atoms. The van der Waals surface area contributed by atoms with Gasteiger partial charge in [0.25, 0.3) is 0 Å². The van der Waals surface area contributed by atoms with Crippen molar-refractivity contribution in [3.05, 3.63) is 22.8 Å². The summed E-state index contributed by atoms with van der Waals surface area (Å²) in [6, 6.07) is 2.16. The molecule has 1 aromatic rings. The summed E-state index contributed by atoms with van der Waals surface area (Å²) in [5, 5.41) is 0. The second-order valence-corrected chi connectivity index (χ2v) is 5.22. The van der Waals surface area contributed by atoms with Gasteiger partial charge < -0.3 is 14.4 Å². The van der Waals surface area contributed by atoms with Crippen LogP contribution >= 0.6 is 0 Å². The molecular weight excluding hydrogens is 238 g/mol. The molecule has 19 heavy (non-hydrogen) atoms. The van der Waals surface area contributed by atoms with E-state index < -0.39 is 0 Å². The van der Waals surface area contributed by atoms with Crippen LogP contribution in [0.4, 0.5) is 5.69 Å². The fourth-order valence-electron chi connectivity index (χ4n) is 2.43. The van der Waals surface area contributed by atoms with Gasteiger partial charge in [0.05, 0.1) is 7.11 Å². The van der Waals surface area contributed by atoms with E-state index in [-0.39, 0.29) is 5.78 Å². The second-order valence-electron chi connectivity index (χ2n) is 5.22. The van der Waals surface area contributed by atoms with Crippen molar-refractivity contribution in [2.24, 2.45) is 0 Å². The maximum Gasteiger partial charge on any atom is 0.129 e. The highest BCUT2D eigenvalue weighted by Crippen LogP contribution is 2.33. The summed E-state index contributed by atoms with van der Waals surface area (Å²) in [6.45, 7) is 8.82. The lowest BCUT2D eigenvalue weighted by atomic mass is 10.0. The zero-order valence-corrected chi connectivity index (χ0v) is 13.0. The lowest BCUT2D eigenvalue weighted by Gasteiger charge is -2.24. The number of methoxy groups -OCH3 is 1. The average molecular weight is 263 g/mol. The first-order valence-corrected chi connectivity index (χ1v) is 6.73. The van der Waals surface area contributed by atoms with E-state index in [4.69, 9.17) is 4.74 Å². The van der Waals surface area contributed by atoms with Crippen molar-refractivity contribution in [3.8, 4) is 5.75 Å². The van der Waals surface area contributed by atoms with Crippen molar-refractivity contribution in [1.29, 1.82) is 0 Å². The fraction of sp³-hybridized carbons (Fsp3) is 0.562. The van der Waals surface area contributed by atoms with Crippen molar-refractivity contribution in [2.45, 2.75) is 40.5 Å². The summed E-state index contributed by atoms with van der Waals surface area (Å²) in [5.74, 6) is 1.23. The first kappa shape index (κ1) is 15.5. The van der Waals surface area contributed by atoms with Crippen LogP contribution in [0.15, 0.2) is 6.07 Å². The molecule has 0 atom stereocenters. The van der Waals surface area contributed by atoms with E-state index >= 15 is 0 Å². The van der Waals surface area contributed by atoms with Crippen molar-refractivity contribution in [3.63, 3.8) is 0 Å². The topological polar surface area (TPSA) is 29.5 Å². The lowest BCUT2D eigenvalue weighted by molar-refractivity contribution is -0.117. The number of Topliss-reactive ketones (excluding diaryl/α,β-unsaturated/α-hetero) is 1. The Morgan fingerprint density at radius 1 is 1.26 bits per heavy atom. The number of aryl methyl sites for hydroxylation is 1. The van der Waals surface area contributed by atoms with Gasteiger partial charge in [-0.15, -0.1) is 0 Å². The summed E-state index contributed by atoms with van der Waals surface area (Å²) in [5.41, 5.74) is 4.81. The predicted molar refractivity (Wildman–Crippen MR) is 80.4 cm³/mol. The molecule has 1 aromatic carbocycles. The Bertz CT molecular complexity index is 466. The predicted octanol–water partition coefficient (Wildman–Crippen LogP) is 3.43. The van der Waals surface area contributed by atoms with Gasteiger partial charge in [0.2, 0.25) is 0 Å². The first-order valence-electron chi connectivity index (χ1n) is 6.73. The van der Waals surface area contributed by atoms with Crippen LogP contribution in [-0.2, 0) is 4.79 Å². The van der Waals surface area contributed by atoms with Crippen LogP contribution in [-0.4, -0.2) is 26.5 Å². The van der Waals surface area contributed by atoms with E-state index in [1.54, 1.807) is 14.0 Å². The number of ketones is 1. The molecule has 0 unspecified atom stereocenters. The van der Waals surface area contributed by atoms with Gasteiger partial charge in [0, 0.05) is 25.7 Å². The van der Waals surface area contributed by atoms with Gasteiger partial charge in [-0.05, 0) is 56.9 Å². The normalized spacial score (nSPS) is 10.4. The number of hydrogen-bond donors (Lipinski definition) is 0. The van der Waals surface area contributed by atoms with Gasteiger partial charge in [0.15, 0.2) is 0 Å². The molecule has 0 aliphatic heterocycles. The third-order valence-corrected chi connectivity index (χ3v) is 3.64. The number of benzene rings is 1. The van der Waals surface area contributed by atoms with Crippen LogP contribution in [0.1, 0.15) is 36.5 Å². The summed E-state index contributed by atoms with van der Waals surface area (Å²) in [7, 11) is 3.79. The maximum atomic E-state index is 11.0. The van der Waals surface area contributed by atoms with Crippen LogP contribution in [0.3, 0.4) is 0 Å². The van der Waals surface area contributed by atoms with E-state index in [0.29, 0.717) is 6.42 Å². The molecule has 0 N–H and O–H groups in total. The Kier molecular flexibility index (Phi) is 5.40. The molecule has 0 heterocycles. The minimum atomic E-state index is 0.257. The van der Waals surface area contributed by atoms with Gasteiger partial charge in [-0.3, -0.25) is 0 Å². The van der Waals surface area contributed by atoms with Gasteiger partial charge in [-0.1, -0.05) is 0 Å². The van der Waals surface area contributed by atoms with Crippen molar-refractivity contribution >= 4 is 11.5 Å². The van der Waals surface area contributed by atoms with E-state index in [1.165, 1.54) is 16.8 Å². The Balaban J connectivity index is 2.91. The molecule has 0 saturated heterocycles. The number of carbonyl (C=O) groups is 1. The van der Waals surface area contributed by atoms with Crippen molar-refractivity contribution in [1.82, 2.24) is 0 Å². The standard InChI is InChI=1S/C16H25NO2/c1-11-10-15(13(3)14(4)16(11)19-6)17(5)9-7-8-12(2)18/h10H,7-9H2,1-6H3. The molecule has 0 spiro atoms. The van der Waals surface area contributed by atoms with Gasteiger partial charge in [-0.25, -0.2) is 0 Å². The molecule has 106 valence electrons. The molecule has 1 rings (SSSR count). The van der Waals surface area contributed by atoms with Crippen molar-refractivity contribution < 1.29 is 9.53 Å². The largest absolute Gasteiger partial charge is 0.496 e. The van der Waals surface area contributed by atoms with Crippen LogP contribution in [0.2, 0.25) is 0 Å². The summed E-state index contributed by atoms with van der Waals surface area (Å²) in [4.78, 5) is 13.2. The lowest BCUT2D eigenvalue weighted by Crippen LogP contribution is -2.20. The van der Waals surface area contributed by atoms with E-state index in [9.17, 15) is 4.79 Å². The molecule has 0 aliphatic rings. The number of rotatable bonds is 6. The van der Waals surface area contributed by atoms with Gasteiger partial charge in [0.1, 0.15) is 11.5 Å². The highest BCUT2D eigenvalue weighted by molar-refractivity contribution is 5.75. The monoisotopic (exact) mass is 263 g/mol. The summed E-state index contributed by atoms with van der Waals surface area (Å²) >= 11 is 0. The van der Waals surface area contributed by atoms with Gasteiger partial charge in [-0.2, -0.15) is 0 Å². The highest BCUT2D eigenvalue weighted by atomic mass is 16.5. The average Bonchev–Trinajstić information content (AvgIpc) is 2.33. The summed E-state index contributed by atoms with van der Waals surface area (Å²) in [6.07, 6.45) is 1.55.